The summed E-state index contributed by atoms with van der Waals surface area (Å²) in [4.78, 5) is 16.7. The van der Waals surface area contributed by atoms with Crippen molar-refractivity contribution >= 4 is 12.8 Å². The van der Waals surface area contributed by atoms with Gasteiger partial charge < -0.3 is 9.64 Å². The lowest BCUT2D eigenvalue weighted by Crippen LogP contribution is -2.34. The van der Waals surface area contributed by atoms with Crippen LogP contribution in [0.5, 0.6) is 0 Å². The van der Waals surface area contributed by atoms with Crippen molar-refractivity contribution in [2.75, 3.05) is 13.6 Å². The molecule has 0 unspecified atom stereocenters. The van der Waals surface area contributed by atoms with Gasteiger partial charge in [-0.1, -0.05) is 6.58 Å². The van der Waals surface area contributed by atoms with Crippen LogP contribution in [-0.2, 0) is 4.74 Å². The average Bonchev–Trinajstić information content (AvgIpc) is 2.10. The third kappa shape index (κ3) is 6.71. The Morgan fingerprint density at radius 3 is 2.40 bits per heavy atom. The van der Waals surface area contributed by atoms with Gasteiger partial charge in [-0.25, -0.2) is 4.79 Å². The minimum Gasteiger partial charge on any atom is -0.444 e. The average molecular weight is 212 g/mol. The molecule has 0 fully saturated rings. The number of hydrogen-bond donors (Lipinski definition) is 0. The van der Waals surface area contributed by atoms with Gasteiger partial charge in [0.05, 0.1) is 0 Å². The first-order chi connectivity index (χ1) is 6.76. The second-order valence-electron chi connectivity index (χ2n) is 4.38. The molecule has 0 aliphatic heterocycles. The molecule has 0 aliphatic carbocycles. The third-order valence-electron chi connectivity index (χ3n) is 1.66. The summed E-state index contributed by atoms with van der Waals surface area (Å²) in [5, 5.41) is 0. The van der Waals surface area contributed by atoms with E-state index in [1.54, 1.807) is 7.05 Å². The second kappa shape index (κ2) is 5.53. The Balaban J connectivity index is 4.00. The Morgan fingerprint density at radius 2 is 2.00 bits per heavy atom. The summed E-state index contributed by atoms with van der Waals surface area (Å²) >= 11 is 0. The largest absolute Gasteiger partial charge is 0.444 e. The molecule has 0 aromatic rings. The Kier molecular flexibility index (Phi) is 5.05. The van der Waals surface area contributed by atoms with E-state index in [9.17, 15) is 4.79 Å². The van der Waals surface area contributed by atoms with Gasteiger partial charge >= 0.3 is 6.09 Å². The number of amides is 1. The molecule has 0 bridgehead atoms. The van der Waals surface area contributed by atoms with Crippen LogP contribution < -0.4 is 0 Å². The van der Waals surface area contributed by atoms with Crippen LogP contribution in [-0.4, -0.2) is 36.9 Å². The van der Waals surface area contributed by atoms with E-state index in [4.69, 9.17) is 4.74 Å². The topological polar surface area (TPSA) is 41.9 Å². The Bertz CT molecular complexity index is 254. The van der Waals surface area contributed by atoms with Crippen LogP contribution in [0.25, 0.3) is 0 Å². The van der Waals surface area contributed by atoms with Crippen molar-refractivity contribution in [2.24, 2.45) is 4.99 Å². The second-order valence-corrected chi connectivity index (χ2v) is 4.38. The first-order valence-corrected chi connectivity index (χ1v) is 4.85. The first-order valence-electron chi connectivity index (χ1n) is 4.85. The Hall–Kier alpha value is -1.32. The van der Waals surface area contributed by atoms with Crippen molar-refractivity contribution < 1.29 is 9.53 Å². The van der Waals surface area contributed by atoms with Crippen molar-refractivity contribution in [3.8, 4) is 0 Å². The van der Waals surface area contributed by atoms with Crippen LogP contribution in [0, 0.1) is 0 Å². The fraction of sp³-hybridized carbons (Fsp3) is 0.636. The smallest absolute Gasteiger partial charge is 0.410 e. The highest BCUT2D eigenvalue weighted by Crippen LogP contribution is 2.10. The summed E-state index contributed by atoms with van der Waals surface area (Å²) in [6.07, 6.45) is 0.276. The van der Waals surface area contributed by atoms with Crippen LogP contribution in [0.3, 0.4) is 0 Å². The zero-order valence-electron chi connectivity index (χ0n) is 10.0. The fourth-order valence-electron chi connectivity index (χ4n) is 0.807. The predicted molar refractivity (Wildman–Crippen MR) is 62.2 cm³/mol. The maximum absolute atomic E-state index is 11.5. The molecule has 0 N–H and O–H groups in total. The van der Waals surface area contributed by atoms with E-state index in [1.165, 1.54) is 4.90 Å². The van der Waals surface area contributed by atoms with Gasteiger partial charge in [0.25, 0.3) is 0 Å². The van der Waals surface area contributed by atoms with E-state index in [2.05, 4.69) is 18.3 Å². The maximum atomic E-state index is 11.5. The van der Waals surface area contributed by atoms with Crippen LogP contribution >= 0.6 is 0 Å². The number of hydrogen-bond acceptors (Lipinski definition) is 3. The van der Waals surface area contributed by atoms with Gasteiger partial charge in [-0.3, -0.25) is 4.99 Å². The monoisotopic (exact) mass is 212 g/mol. The van der Waals surface area contributed by atoms with Gasteiger partial charge in [-0.05, 0) is 27.5 Å². The number of nitrogens with zero attached hydrogens (tertiary/aromatic N) is 2. The predicted octanol–water partition coefficient (Wildman–Crippen LogP) is 2.46. The normalized spacial score (nSPS) is 10.7. The van der Waals surface area contributed by atoms with Gasteiger partial charge in [0.2, 0.25) is 0 Å². The lowest BCUT2D eigenvalue weighted by atomic mass is 10.2. The molecular formula is C11H20N2O2. The molecule has 0 spiro atoms. The molecule has 4 nitrogen and oxygen atoms in total. The van der Waals surface area contributed by atoms with E-state index in [-0.39, 0.29) is 6.09 Å². The maximum Gasteiger partial charge on any atom is 0.410 e. The van der Waals surface area contributed by atoms with Crippen molar-refractivity contribution in [3.63, 3.8) is 0 Å². The summed E-state index contributed by atoms with van der Waals surface area (Å²) in [7, 11) is 1.68. The summed E-state index contributed by atoms with van der Waals surface area (Å²) in [5.41, 5.74) is 0.212. The zero-order valence-corrected chi connectivity index (χ0v) is 10.0. The van der Waals surface area contributed by atoms with Gasteiger partial charge in [0.1, 0.15) is 5.60 Å². The highest BCUT2D eigenvalue weighted by molar-refractivity contribution is 5.67. The lowest BCUT2D eigenvalue weighted by Gasteiger charge is -2.24. The summed E-state index contributed by atoms with van der Waals surface area (Å²) in [6, 6.07) is 0. The van der Waals surface area contributed by atoms with Gasteiger partial charge in [-0.2, -0.15) is 0 Å². The summed E-state index contributed by atoms with van der Waals surface area (Å²) in [6.45, 7) is 13.1. The van der Waals surface area contributed by atoms with Crippen molar-refractivity contribution in [1.82, 2.24) is 4.90 Å². The van der Waals surface area contributed by atoms with Gasteiger partial charge in [0, 0.05) is 25.7 Å². The van der Waals surface area contributed by atoms with E-state index in [0.717, 1.165) is 0 Å². The van der Waals surface area contributed by atoms with Crippen LogP contribution in [0.4, 0.5) is 4.79 Å². The molecule has 0 heterocycles. The Labute approximate surface area is 91.6 Å². The minimum atomic E-state index is -0.459. The van der Waals surface area contributed by atoms with Crippen molar-refractivity contribution in [2.45, 2.75) is 32.8 Å². The van der Waals surface area contributed by atoms with Crippen LogP contribution in [0.15, 0.2) is 17.3 Å². The van der Waals surface area contributed by atoms with E-state index in [0.29, 0.717) is 18.7 Å². The zero-order chi connectivity index (χ0) is 12.1. The Morgan fingerprint density at radius 1 is 1.47 bits per heavy atom. The molecule has 4 heteroatoms. The lowest BCUT2D eigenvalue weighted by molar-refractivity contribution is 0.0301. The molecule has 1 amide bonds. The molecule has 0 aromatic carbocycles. The molecule has 15 heavy (non-hydrogen) atoms. The highest BCUT2D eigenvalue weighted by atomic mass is 16.6. The molecule has 0 atom stereocenters. The number of carbonyl (C=O) groups is 1. The fourth-order valence-corrected chi connectivity index (χ4v) is 0.807. The third-order valence-corrected chi connectivity index (χ3v) is 1.66. The molecule has 0 aliphatic rings. The summed E-state index contributed by atoms with van der Waals surface area (Å²) in [5.74, 6) is 0. The molecule has 0 aromatic heterocycles. The molecule has 0 saturated heterocycles. The summed E-state index contributed by atoms with van der Waals surface area (Å²) < 4.78 is 5.18. The van der Waals surface area contributed by atoms with Gasteiger partial charge in [-0.15, -0.1) is 0 Å². The number of aliphatic imine (C=N–C) groups is 1. The molecular weight excluding hydrogens is 192 g/mol. The number of carbonyl (C=O) groups excluding carboxylic acids is 1. The first kappa shape index (κ1) is 13.7. The molecule has 0 rings (SSSR count). The van der Waals surface area contributed by atoms with Crippen LogP contribution in [0.1, 0.15) is 27.2 Å². The molecule has 0 radical (unpaired) electrons. The molecule has 0 saturated carbocycles. The van der Waals surface area contributed by atoms with Crippen molar-refractivity contribution in [1.29, 1.82) is 0 Å². The minimum absolute atomic E-state index is 0.334. The SMILES string of the molecule is C=NC(=C)CCN(C)C(=O)OC(C)(C)C. The molecule has 86 valence electrons. The van der Waals surface area contributed by atoms with Gasteiger partial charge in [0.15, 0.2) is 0 Å². The van der Waals surface area contributed by atoms with E-state index >= 15 is 0 Å². The standard InChI is InChI=1S/C11H20N2O2/c1-9(12-5)7-8-13(6)10(14)15-11(2,3)4/h1,5,7-8H2,2-4,6H3. The van der Waals surface area contributed by atoms with E-state index < -0.39 is 5.60 Å². The quantitative estimate of drug-likeness (QED) is 0.672. The highest BCUT2D eigenvalue weighted by Gasteiger charge is 2.19. The van der Waals surface area contributed by atoms with Crippen molar-refractivity contribution in [3.05, 3.63) is 12.3 Å². The number of rotatable bonds is 4. The number of ether oxygens (including phenoxy) is 1. The van der Waals surface area contributed by atoms with Crippen LogP contribution in [0.2, 0.25) is 0 Å². The van der Waals surface area contributed by atoms with E-state index in [1.807, 2.05) is 20.8 Å².